The fraction of sp³-hybridized carbons (Fsp3) is 0.154. The number of nitrogens with one attached hydrogen (secondary N) is 2. The molecule has 20 heavy (non-hydrogen) atoms. The lowest BCUT2D eigenvalue weighted by molar-refractivity contribution is 0.0949. The van der Waals surface area contributed by atoms with E-state index in [1.165, 1.54) is 18.5 Å². The van der Waals surface area contributed by atoms with Crippen LogP contribution in [0.5, 0.6) is 0 Å². The van der Waals surface area contributed by atoms with Gasteiger partial charge in [-0.05, 0) is 18.2 Å². The van der Waals surface area contributed by atoms with Crippen molar-refractivity contribution in [1.82, 2.24) is 20.5 Å². The van der Waals surface area contributed by atoms with E-state index in [4.69, 9.17) is 5.11 Å². The number of hydrogen-bond donors (Lipinski definition) is 3. The molecule has 102 valence electrons. The Morgan fingerprint density at radius 2 is 2.35 bits per heavy atom. The number of nitrogens with zero attached hydrogens (tertiary/aromatic N) is 2. The number of amides is 1. The summed E-state index contributed by atoms with van der Waals surface area (Å²) in [5, 5.41) is 17.5. The molecule has 0 saturated heterocycles. The Morgan fingerprint density at radius 1 is 1.50 bits per heavy atom. The van der Waals surface area contributed by atoms with Gasteiger partial charge in [-0.25, -0.2) is 9.37 Å². The summed E-state index contributed by atoms with van der Waals surface area (Å²) >= 11 is 0. The average Bonchev–Trinajstić information content (AvgIpc) is 2.96. The summed E-state index contributed by atoms with van der Waals surface area (Å²) in [5.74, 6) is 4.52. The van der Waals surface area contributed by atoms with E-state index in [-0.39, 0.29) is 24.3 Å². The lowest BCUT2D eigenvalue weighted by Crippen LogP contribution is -2.24. The maximum Gasteiger partial charge on any atom is 0.252 e. The summed E-state index contributed by atoms with van der Waals surface area (Å²) in [5.41, 5.74) is 0.445. The molecule has 0 atom stereocenters. The van der Waals surface area contributed by atoms with Crippen LogP contribution in [-0.4, -0.2) is 32.8 Å². The van der Waals surface area contributed by atoms with Crippen molar-refractivity contribution in [3.8, 4) is 11.8 Å². The minimum absolute atomic E-state index is 0.170. The first-order valence-electron chi connectivity index (χ1n) is 5.72. The monoisotopic (exact) mass is 274 g/mol. The van der Waals surface area contributed by atoms with Crippen molar-refractivity contribution in [3.63, 3.8) is 0 Å². The molecule has 0 aliphatic carbocycles. The van der Waals surface area contributed by atoms with E-state index < -0.39 is 11.7 Å². The highest BCUT2D eigenvalue weighted by Crippen LogP contribution is 2.10. The standard InChI is InChI=1S/C13H11FN4O2/c14-10-3-4-11(9(6-10)2-1-5-19)13(20)15-7-12-16-8-17-18-12/h3-4,6,8,19H,5,7H2,(H,15,20)(H,16,17,18). The van der Waals surface area contributed by atoms with Gasteiger partial charge in [0.05, 0.1) is 12.1 Å². The van der Waals surface area contributed by atoms with E-state index in [0.29, 0.717) is 5.82 Å². The van der Waals surface area contributed by atoms with Crippen molar-refractivity contribution in [2.45, 2.75) is 6.54 Å². The smallest absolute Gasteiger partial charge is 0.252 e. The second kappa shape index (κ2) is 6.45. The number of aliphatic hydroxyl groups is 1. The van der Waals surface area contributed by atoms with Crippen molar-refractivity contribution >= 4 is 5.91 Å². The van der Waals surface area contributed by atoms with Gasteiger partial charge in [-0.15, -0.1) is 0 Å². The van der Waals surface area contributed by atoms with Gasteiger partial charge in [0.1, 0.15) is 24.6 Å². The highest BCUT2D eigenvalue weighted by Gasteiger charge is 2.11. The Morgan fingerprint density at radius 3 is 3.05 bits per heavy atom. The lowest BCUT2D eigenvalue weighted by Gasteiger charge is -2.05. The Balaban J connectivity index is 2.16. The van der Waals surface area contributed by atoms with Gasteiger partial charge in [0.15, 0.2) is 0 Å². The molecule has 0 aliphatic rings. The highest BCUT2D eigenvalue weighted by molar-refractivity contribution is 5.96. The zero-order valence-electron chi connectivity index (χ0n) is 10.4. The van der Waals surface area contributed by atoms with Gasteiger partial charge in [0.25, 0.3) is 5.91 Å². The number of carbonyl (C=O) groups excluding carboxylic acids is 1. The summed E-state index contributed by atoms with van der Waals surface area (Å²) < 4.78 is 13.2. The van der Waals surface area contributed by atoms with E-state index in [0.717, 1.165) is 6.07 Å². The zero-order valence-corrected chi connectivity index (χ0v) is 10.4. The highest BCUT2D eigenvalue weighted by atomic mass is 19.1. The number of aliphatic hydroxyl groups excluding tert-OH is 1. The van der Waals surface area contributed by atoms with Crippen molar-refractivity contribution in [3.05, 3.63) is 47.3 Å². The van der Waals surface area contributed by atoms with Gasteiger partial charge in [-0.3, -0.25) is 9.89 Å². The molecule has 6 nitrogen and oxygen atoms in total. The fourth-order valence-electron chi connectivity index (χ4n) is 1.53. The molecule has 0 fully saturated rings. The molecule has 7 heteroatoms. The fourth-order valence-corrected chi connectivity index (χ4v) is 1.53. The summed E-state index contributed by atoms with van der Waals surface area (Å²) in [6.45, 7) is -0.196. The number of hydrogen-bond acceptors (Lipinski definition) is 4. The van der Waals surface area contributed by atoms with Gasteiger partial charge in [0.2, 0.25) is 0 Å². The largest absolute Gasteiger partial charge is 0.384 e. The SMILES string of the molecule is O=C(NCc1ncn[nH]1)c1ccc(F)cc1C#CCO. The van der Waals surface area contributed by atoms with Crippen molar-refractivity contribution in [2.24, 2.45) is 0 Å². The van der Waals surface area contributed by atoms with E-state index in [1.807, 2.05) is 0 Å². The van der Waals surface area contributed by atoms with Crippen LogP contribution in [0.2, 0.25) is 0 Å². The summed E-state index contributed by atoms with van der Waals surface area (Å²) in [4.78, 5) is 15.9. The first-order chi connectivity index (χ1) is 9.70. The van der Waals surface area contributed by atoms with Crippen LogP contribution in [0.15, 0.2) is 24.5 Å². The zero-order chi connectivity index (χ0) is 14.4. The van der Waals surface area contributed by atoms with Crippen LogP contribution in [0.3, 0.4) is 0 Å². The molecule has 1 aromatic heterocycles. The Kier molecular flexibility index (Phi) is 4.42. The van der Waals surface area contributed by atoms with E-state index >= 15 is 0 Å². The third-order valence-electron chi connectivity index (χ3n) is 2.41. The maximum absolute atomic E-state index is 13.2. The summed E-state index contributed by atoms with van der Waals surface area (Å²) in [6.07, 6.45) is 1.33. The summed E-state index contributed by atoms with van der Waals surface area (Å²) in [7, 11) is 0. The first-order valence-corrected chi connectivity index (χ1v) is 5.72. The minimum Gasteiger partial charge on any atom is -0.384 e. The number of H-pyrrole nitrogens is 1. The number of benzene rings is 1. The molecule has 0 radical (unpaired) electrons. The number of rotatable bonds is 3. The van der Waals surface area contributed by atoms with E-state index in [9.17, 15) is 9.18 Å². The average molecular weight is 274 g/mol. The topological polar surface area (TPSA) is 90.9 Å². The van der Waals surface area contributed by atoms with Crippen LogP contribution in [0.1, 0.15) is 21.7 Å². The van der Waals surface area contributed by atoms with Gasteiger partial charge in [-0.1, -0.05) is 11.8 Å². The molecular formula is C13H11FN4O2. The van der Waals surface area contributed by atoms with Crippen molar-refractivity contribution in [2.75, 3.05) is 6.61 Å². The van der Waals surface area contributed by atoms with Crippen molar-refractivity contribution in [1.29, 1.82) is 0 Å². The molecule has 1 heterocycles. The van der Waals surface area contributed by atoms with Gasteiger partial charge < -0.3 is 10.4 Å². The van der Waals surface area contributed by atoms with Crippen LogP contribution in [0, 0.1) is 17.7 Å². The molecule has 3 N–H and O–H groups in total. The number of aromatic nitrogens is 3. The summed E-state index contributed by atoms with van der Waals surface area (Å²) in [6, 6.07) is 3.66. The predicted octanol–water partition coefficient (Wildman–Crippen LogP) is 0.218. The molecule has 0 saturated carbocycles. The van der Waals surface area contributed by atoms with Crippen LogP contribution in [-0.2, 0) is 6.54 Å². The molecule has 1 aromatic carbocycles. The van der Waals surface area contributed by atoms with E-state index in [1.54, 1.807) is 0 Å². The van der Waals surface area contributed by atoms with Gasteiger partial charge in [0, 0.05) is 5.56 Å². The second-order valence-electron chi connectivity index (χ2n) is 3.76. The molecule has 1 amide bonds. The van der Waals surface area contributed by atoms with Crippen LogP contribution in [0.25, 0.3) is 0 Å². The van der Waals surface area contributed by atoms with Crippen LogP contribution in [0.4, 0.5) is 4.39 Å². The molecule has 0 bridgehead atoms. The molecule has 0 unspecified atom stereocenters. The number of aromatic amines is 1. The first kappa shape index (κ1) is 13.7. The van der Waals surface area contributed by atoms with E-state index in [2.05, 4.69) is 32.3 Å². The molecule has 0 aliphatic heterocycles. The van der Waals surface area contributed by atoms with Crippen LogP contribution >= 0.6 is 0 Å². The molecule has 2 aromatic rings. The third kappa shape index (κ3) is 3.40. The quantitative estimate of drug-likeness (QED) is 0.698. The molecule has 2 rings (SSSR count). The Hall–Kier alpha value is -2.72. The second-order valence-corrected chi connectivity index (χ2v) is 3.76. The van der Waals surface area contributed by atoms with Gasteiger partial charge in [-0.2, -0.15) is 5.10 Å². The third-order valence-corrected chi connectivity index (χ3v) is 2.41. The minimum atomic E-state index is -0.501. The number of carbonyl (C=O) groups is 1. The lowest BCUT2D eigenvalue weighted by atomic mass is 10.1. The Labute approximate surface area is 114 Å². The Bertz CT molecular complexity index is 659. The van der Waals surface area contributed by atoms with Gasteiger partial charge >= 0.3 is 0 Å². The van der Waals surface area contributed by atoms with Crippen molar-refractivity contribution < 1.29 is 14.3 Å². The predicted molar refractivity (Wildman–Crippen MR) is 67.9 cm³/mol. The maximum atomic E-state index is 13.2. The van der Waals surface area contributed by atoms with Crippen LogP contribution < -0.4 is 5.32 Å². The molecule has 0 spiro atoms. The number of halogens is 1. The normalized spacial score (nSPS) is 9.70. The molecular weight excluding hydrogens is 263 g/mol.